The minimum absolute atomic E-state index is 0.0778. The van der Waals surface area contributed by atoms with Crippen LogP contribution in [0.2, 0.25) is 0 Å². The SMILES string of the molecule is Cc1cncc(-c2nnc(NC(=O)Nc3ccc(C(C)(C)C)cc3)s2)c1. The zero-order valence-electron chi connectivity index (χ0n) is 15.2. The lowest BCUT2D eigenvalue weighted by atomic mass is 9.87. The third-order valence-electron chi connectivity index (χ3n) is 3.78. The Bertz CT molecular complexity index is 912. The summed E-state index contributed by atoms with van der Waals surface area (Å²) in [4.78, 5) is 16.3. The molecule has 2 amide bonds. The average Bonchev–Trinajstić information content (AvgIpc) is 3.03. The Labute approximate surface area is 156 Å². The molecule has 0 radical (unpaired) electrons. The first kappa shape index (κ1) is 18.0. The molecular weight excluding hydrogens is 346 g/mol. The molecule has 134 valence electrons. The normalized spacial score (nSPS) is 11.2. The van der Waals surface area contributed by atoms with Gasteiger partial charge in [0.1, 0.15) is 0 Å². The maximum Gasteiger partial charge on any atom is 0.325 e. The van der Waals surface area contributed by atoms with Gasteiger partial charge in [-0.05, 0) is 41.7 Å². The highest BCUT2D eigenvalue weighted by Crippen LogP contribution is 2.26. The third-order valence-corrected chi connectivity index (χ3v) is 4.66. The number of rotatable bonds is 3. The van der Waals surface area contributed by atoms with Crippen LogP contribution in [0.1, 0.15) is 31.9 Å². The lowest BCUT2D eigenvalue weighted by Gasteiger charge is -2.19. The van der Waals surface area contributed by atoms with Gasteiger partial charge in [0.2, 0.25) is 5.13 Å². The molecule has 0 aliphatic heterocycles. The Hall–Kier alpha value is -2.80. The van der Waals surface area contributed by atoms with Crippen molar-refractivity contribution in [2.45, 2.75) is 33.1 Å². The lowest BCUT2D eigenvalue weighted by Crippen LogP contribution is -2.19. The van der Waals surface area contributed by atoms with Crippen molar-refractivity contribution in [3.63, 3.8) is 0 Å². The molecule has 0 spiro atoms. The van der Waals surface area contributed by atoms with Gasteiger partial charge in [-0.3, -0.25) is 10.3 Å². The topological polar surface area (TPSA) is 79.8 Å². The molecule has 0 saturated heterocycles. The summed E-state index contributed by atoms with van der Waals surface area (Å²) in [5, 5.41) is 14.8. The summed E-state index contributed by atoms with van der Waals surface area (Å²) in [5.41, 5.74) is 3.94. The monoisotopic (exact) mass is 367 g/mol. The van der Waals surface area contributed by atoms with E-state index in [0.29, 0.717) is 10.1 Å². The predicted octanol–water partition coefficient (Wildman–Crippen LogP) is 4.85. The molecule has 0 atom stereocenters. The van der Waals surface area contributed by atoms with Crippen LogP contribution >= 0.6 is 11.3 Å². The quantitative estimate of drug-likeness (QED) is 0.693. The van der Waals surface area contributed by atoms with Crippen LogP contribution in [0.25, 0.3) is 10.6 Å². The van der Waals surface area contributed by atoms with E-state index in [2.05, 4.69) is 46.6 Å². The first-order chi connectivity index (χ1) is 12.3. The van der Waals surface area contributed by atoms with Crippen LogP contribution in [0, 0.1) is 6.92 Å². The number of hydrogen-bond acceptors (Lipinski definition) is 5. The number of urea groups is 1. The van der Waals surface area contributed by atoms with Crippen LogP contribution in [0.3, 0.4) is 0 Å². The molecule has 6 nitrogen and oxygen atoms in total. The number of amides is 2. The minimum Gasteiger partial charge on any atom is -0.308 e. The average molecular weight is 367 g/mol. The maximum atomic E-state index is 12.2. The summed E-state index contributed by atoms with van der Waals surface area (Å²) < 4.78 is 0. The third kappa shape index (κ3) is 4.43. The van der Waals surface area contributed by atoms with Crippen molar-refractivity contribution in [2.75, 3.05) is 10.6 Å². The van der Waals surface area contributed by atoms with Gasteiger partial charge in [-0.15, -0.1) is 10.2 Å². The van der Waals surface area contributed by atoms with Crippen LogP contribution in [0.5, 0.6) is 0 Å². The Balaban J connectivity index is 1.64. The molecule has 2 heterocycles. The Morgan fingerprint density at radius 3 is 2.42 bits per heavy atom. The van der Waals surface area contributed by atoms with Crippen molar-refractivity contribution in [1.82, 2.24) is 15.2 Å². The summed E-state index contributed by atoms with van der Waals surface area (Å²) in [7, 11) is 0. The number of aromatic nitrogens is 3. The van der Waals surface area contributed by atoms with Crippen molar-refractivity contribution in [3.8, 4) is 10.6 Å². The van der Waals surface area contributed by atoms with E-state index < -0.39 is 0 Å². The molecule has 0 aliphatic rings. The van der Waals surface area contributed by atoms with Crippen LogP contribution in [0.4, 0.5) is 15.6 Å². The van der Waals surface area contributed by atoms with Crippen molar-refractivity contribution in [3.05, 3.63) is 53.9 Å². The molecule has 0 saturated carbocycles. The van der Waals surface area contributed by atoms with E-state index in [-0.39, 0.29) is 11.4 Å². The molecule has 0 fully saturated rings. The van der Waals surface area contributed by atoms with Gasteiger partial charge < -0.3 is 5.32 Å². The second kappa shape index (κ2) is 7.21. The number of hydrogen-bond donors (Lipinski definition) is 2. The fourth-order valence-electron chi connectivity index (χ4n) is 2.38. The van der Waals surface area contributed by atoms with Crippen LogP contribution in [0.15, 0.2) is 42.7 Å². The van der Waals surface area contributed by atoms with Crippen molar-refractivity contribution in [1.29, 1.82) is 0 Å². The highest BCUT2D eigenvalue weighted by atomic mass is 32.1. The summed E-state index contributed by atoms with van der Waals surface area (Å²) in [5.74, 6) is 0. The van der Waals surface area contributed by atoms with E-state index in [1.807, 2.05) is 37.3 Å². The van der Waals surface area contributed by atoms with E-state index >= 15 is 0 Å². The van der Waals surface area contributed by atoms with Gasteiger partial charge in [-0.25, -0.2) is 4.79 Å². The number of nitrogens with zero attached hydrogens (tertiary/aromatic N) is 3. The first-order valence-electron chi connectivity index (χ1n) is 8.25. The Morgan fingerprint density at radius 2 is 1.77 bits per heavy atom. The molecule has 7 heteroatoms. The fraction of sp³-hybridized carbons (Fsp3) is 0.263. The summed E-state index contributed by atoms with van der Waals surface area (Å²) in [6.07, 6.45) is 3.51. The van der Waals surface area contributed by atoms with E-state index in [1.165, 1.54) is 16.9 Å². The molecule has 3 aromatic rings. The number of carbonyl (C=O) groups is 1. The smallest absolute Gasteiger partial charge is 0.308 e. The van der Waals surface area contributed by atoms with Crippen molar-refractivity contribution in [2.24, 2.45) is 0 Å². The van der Waals surface area contributed by atoms with E-state index in [1.54, 1.807) is 12.4 Å². The standard InChI is InChI=1S/C19H21N5OS/c1-12-9-13(11-20-10-12)16-23-24-18(26-16)22-17(25)21-15-7-5-14(6-8-15)19(2,3)4/h5-11H,1-4H3,(H2,21,22,24,25). The second-order valence-corrected chi connectivity index (χ2v) is 8.05. The van der Waals surface area contributed by atoms with E-state index in [9.17, 15) is 4.79 Å². The summed E-state index contributed by atoms with van der Waals surface area (Å²) in [6.45, 7) is 8.42. The fourth-order valence-corrected chi connectivity index (χ4v) is 3.09. The van der Waals surface area contributed by atoms with Gasteiger partial charge >= 0.3 is 6.03 Å². The lowest BCUT2D eigenvalue weighted by molar-refractivity contribution is 0.262. The van der Waals surface area contributed by atoms with Crippen molar-refractivity contribution >= 4 is 28.2 Å². The number of aryl methyl sites for hydroxylation is 1. The van der Waals surface area contributed by atoms with Gasteiger partial charge in [-0.2, -0.15) is 0 Å². The number of benzene rings is 1. The van der Waals surface area contributed by atoms with E-state index in [4.69, 9.17) is 0 Å². The molecule has 26 heavy (non-hydrogen) atoms. The van der Waals surface area contributed by atoms with Crippen LogP contribution in [-0.4, -0.2) is 21.2 Å². The Kier molecular flexibility index (Phi) is 4.99. The largest absolute Gasteiger partial charge is 0.325 e. The highest BCUT2D eigenvalue weighted by molar-refractivity contribution is 7.18. The molecule has 2 aromatic heterocycles. The number of pyridine rings is 1. The number of nitrogens with one attached hydrogen (secondary N) is 2. The first-order valence-corrected chi connectivity index (χ1v) is 9.07. The number of carbonyl (C=O) groups excluding carboxylic acids is 1. The van der Waals surface area contributed by atoms with Gasteiger partial charge in [0.15, 0.2) is 5.01 Å². The molecule has 0 unspecified atom stereocenters. The predicted molar refractivity (Wildman–Crippen MR) is 106 cm³/mol. The van der Waals surface area contributed by atoms with E-state index in [0.717, 1.165) is 16.8 Å². The molecule has 1 aromatic carbocycles. The Morgan fingerprint density at radius 1 is 1.04 bits per heavy atom. The van der Waals surface area contributed by atoms with Crippen molar-refractivity contribution < 1.29 is 4.79 Å². The second-order valence-electron chi connectivity index (χ2n) is 7.07. The molecule has 2 N–H and O–H groups in total. The van der Waals surface area contributed by atoms with Crippen LogP contribution < -0.4 is 10.6 Å². The van der Waals surface area contributed by atoms with Crippen LogP contribution in [-0.2, 0) is 5.41 Å². The highest BCUT2D eigenvalue weighted by Gasteiger charge is 2.14. The zero-order chi connectivity index (χ0) is 18.7. The minimum atomic E-state index is -0.349. The molecule has 0 bridgehead atoms. The van der Waals surface area contributed by atoms with Gasteiger partial charge in [0, 0.05) is 23.6 Å². The molecule has 0 aliphatic carbocycles. The van der Waals surface area contributed by atoms with Gasteiger partial charge in [0.05, 0.1) is 0 Å². The zero-order valence-corrected chi connectivity index (χ0v) is 16.0. The summed E-state index contributed by atoms with van der Waals surface area (Å²) in [6, 6.07) is 9.45. The summed E-state index contributed by atoms with van der Waals surface area (Å²) >= 11 is 1.31. The van der Waals surface area contributed by atoms with Gasteiger partial charge in [0.25, 0.3) is 0 Å². The number of anilines is 2. The van der Waals surface area contributed by atoms with Gasteiger partial charge in [-0.1, -0.05) is 44.2 Å². The molecular formula is C19H21N5OS. The maximum absolute atomic E-state index is 12.2. The molecule has 3 rings (SSSR count).